The monoisotopic (exact) mass is 422 g/mol. The van der Waals surface area contributed by atoms with E-state index in [1.165, 1.54) is 0 Å². The smallest absolute Gasteiger partial charge is 0.247 e. The Morgan fingerprint density at radius 2 is 1.80 bits per heavy atom. The third kappa shape index (κ3) is 4.32. The third-order valence-corrected chi connectivity index (χ3v) is 5.91. The molecule has 0 bridgehead atoms. The summed E-state index contributed by atoms with van der Waals surface area (Å²) in [6.45, 7) is 5.42. The molecule has 0 spiro atoms. The summed E-state index contributed by atoms with van der Waals surface area (Å²) in [5, 5.41) is 7.66. The average molecular weight is 423 g/mol. The van der Waals surface area contributed by atoms with Crippen molar-refractivity contribution in [1.29, 1.82) is 0 Å². The molecule has 0 aliphatic carbocycles. The number of fused-ring (bicyclic) bond motifs is 1. The molecule has 3 heterocycles. The number of hydrogen-bond donors (Lipinski definition) is 2. The Morgan fingerprint density at radius 1 is 1.00 bits per heavy atom. The molecular weight excluding hydrogens is 400 g/mol. The minimum Gasteiger partial charge on any atom is -0.321 e. The first-order chi connectivity index (χ1) is 14.2. The van der Waals surface area contributed by atoms with Crippen LogP contribution in [0.15, 0.2) is 71.9 Å². The average Bonchev–Trinajstić information content (AvgIpc) is 3.09. The van der Waals surface area contributed by atoms with Crippen LogP contribution in [-0.2, 0) is 10.0 Å². The van der Waals surface area contributed by atoms with Crippen molar-refractivity contribution >= 4 is 27.3 Å². The van der Waals surface area contributed by atoms with Crippen LogP contribution in [0.2, 0.25) is 0 Å². The zero-order chi connectivity index (χ0) is 21.4. The maximum atomic E-state index is 12.7. The highest BCUT2D eigenvalue weighted by molar-refractivity contribution is 7.89. The van der Waals surface area contributed by atoms with Gasteiger partial charge in [-0.3, -0.25) is 4.98 Å². The van der Waals surface area contributed by atoms with Crippen LogP contribution in [0.25, 0.3) is 16.9 Å². The van der Waals surface area contributed by atoms with Crippen LogP contribution >= 0.6 is 0 Å². The van der Waals surface area contributed by atoms with Crippen LogP contribution in [-0.4, -0.2) is 33.5 Å². The Balaban J connectivity index is 1.73. The number of rotatable bonds is 5. The van der Waals surface area contributed by atoms with Gasteiger partial charge in [0.15, 0.2) is 5.65 Å². The van der Waals surface area contributed by atoms with E-state index in [0.29, 0.717) is 11.6 Å². The molecule has 154 valence electrons. The Labute approximate surface area is 175 Å². The van der Waals surface area contributed by atoms with Crippen molar-refractivity contribution in [3.05, 3.63) is 67.0 Å². The molecule has 1 aromatic carbocycles. The van der Waals surface area contributed by atoms with E-state index >= 15 is 0 Å². The van der Waals surface area contributed by atoms with Crippen molar-refractivity contribution in [1.82, 2.24) is 24.3 Å². The maximum Gasteiger partial charge on any atom is 0.247 e. The van der Waals surface area contributed by atoms with Crippen molar-refractivity contribution in [3.63, 3.8) is 0 Å². The Hall–Kier alpha value is -3.30. The zero-order valence-corrected chi connectivity index (χ0v) is 17.7. The second-order valence-electron chi connectivity index (χ2n) is 7.87. The fourth-order valence-corrected chi connectivity index (χ4v) is 4.49. The zero-order valence-electron chi connectivity index (χ0n) is 16.9. The molecule has 30 heavy (non-hydrogen) atoms. The highest BCUT2D eigenvalue weighted by atomic mass is 32.2. The molecule has 3 aromatic heterocycles. The predicted octanol–water partition coefficient (Wildman–Crippen LogP) is 3.61. The summed E-state index contributed by atoms with van der Waals surface area (Å²) in [5.41, 5.74) is 2.28. The molecular formula is C21H22N6O2S. The topological polar surface area (TPSA) is 101 Å². The molecule has 4 aromatic rings. The van der Waals surface area contributed by atoms with Gasteiger partial charge in [-0.15, -0.1) is 5.10 Å². The number of aromatic nitrogens is 4. The molecule has 0 fully saturated rings. The van der Waals surface area contributed by atoms with E-state index in [-0.39, 0.29) is 4.90 Å². The molecule has 0 atom stereocenters. The van der Waals surface area contributed by atoms with Crippen molar-refractivity contribution in [2.45, 2.75) is 31.2 Å². The summed E-state index contributed by atoms with van der Waals surface area (Å²) < 4.78 is 29.8. The SMILES string of the molecule is CC(C)(C)NS(=O)(=O)c1cccc(-c2cccc3nc(Nc4cccnc4)nn23)c1. The predicted molar refractivity (Wildman–Crippen MR) is 116 cm³/mol. The molecule has 0 unspecified atom stereocenters. The number of anilines is 2. The number of benzene rings is 1. The van der Waals surface area contributed by atoms with Gasteiger partial charge in [0.1, 0.15) is 0 Å². The Kier molecular flexibility index (Phi) is 5.00. The lowest BCUT2D eigenvalue weighted by Gasteiger charge is -2.20. The second kappa shape index (κ2) is 7.51. The molecule has 8 nitrogen and oxygen atoms in total. The highest BCUT2D eigenvalue weighted by Gasteiger charge is 2.22. The maximum absolute atomic E-state index is 12.7. The summed E-state index contributed by atoms with van der Waals surface area (Å²) in [6, 6.07) is 16.1. The molecule has 0 aliphatic heterocycles. The van der Waals surface area contributed by atoms with E-state index in [2.05, 4.69) is 25.1 Å². The van der Waals surface area contributed by atoms with Gasteiger partial charge in [-0.2, -0.15) is 4.98 Å². The van der Waals surface area contributed by atoms with Crippen LogP contribution in [0.4, 0.5) is 11.6 Å². The quantitative estimate of drug-likeness (QED) is 0.509. The van der Waals surface area contributed by atoms with Crippen LogP contribution in [0, 0.1) is 0 Å². The number of hydrogen-bond acceptors (Lipinski definition) is 6. The van der Waals surface area contributed by atoms with Crippen LogP contribution in [0.1, 0.15) is 20.8 Å². The van der Waals surface area contributed by atoms with Crippen molar-refractivity contribution in [2.24, 2.45) is 0 Å². The van der Waals surface area contributed by atoms with E-state index in [1.807, 2.05) is 36.4 Å². The fraction of sp³-hybridized carbons (Fsp3) is 0.190. The van der Waals surface area contributed by atoms with Gasteiger partial charge in [0.05, 0.1) is 22.5 Å². The molecule has 0 aliphatic rings. The van der Waals surface area contributed by atoms with Gasteiger partial charge in [-0.1, -0.05) is 18.2 Å². The second-order valence-corrected chi connectivity index (χ2v) is 9.55. The van der Waals surface area contributed by atoms with Crippen molar-refractivity contribution in [3.8, 4) is 11.3 Å². The van der Waals surface area contributed by atoms with Crippen molar-refractivity contribution < 1.29 is 8.42 Å². The van der Waals surface area contributed by atoms with Gasteiger partial charge in [0, 0.05) is 17.3 Å². The molecule has 0 radical (unpaired) electrons. The number of sulfonamides is 1. The first kappa shape index (κ1) is 20.0. The standard InChI is InChI=1S/C21H22N6O2S/c1-21(2,3)26-30(28,29)17-9-4-7-15(13-17)18-10-5-11-19-24-20(25-27(18)19)23-16-8-6-12-22-14-16/h4-14,26H,1-3H3,(H,23,25). The minimum atomic E-state index is -3.65. The Morgan fingerprint density at radius 3 is 2.53 bits per heavy atom. The molecule has 9 heteroatoms. The van der Waals surface area contributed by atoms with Gasteiger partial charge < -0.3 is 5.32 Å². The lowest BCUT2D eigenvalue weighted by molar-refractivity contribution is 0.491. The minimum absolute atomic E-state index is 0.195. The molecule has 0 saturated carbocycles. The van der Waals surface area contributed by atoms with Gasteiger partial charge in [0.25, 0.3) is 0 Å². The van der Waals surface area contributed by atoms with Gasteiger partial charge >= 0.3 is 0 Å². The third-order valence-electron chi connectivity index (χ3n) is 4.16. The number of nitrogens with zero attached hydrogens (tertiary/aromatic N) is 4. The molecule has 4 rings (SSSR count). The van der Waals surface area contributed by atoms with E-state index in [9.17, 15) is 8.42 Å². The van der Waals surface area contributed by atoms with Crippen LogP contribution in [0.5, 0.6) is 0 Å². The van der Waals surface area contributed by atoms with E-state index < -0.39 is 15.6 Å². The molecule has 0 amide bonds. The van der Waals surface area contributed by atoms with E-state index in [1.54, 1.807) is 55.9 Å². The lowest BCUT2D eigenvalue weighted by atomic mass is 10.1. The summed E-state index contributed by atoms with van der Waals surface area (Å²) in [4.78, 5) is 8.76. The van der Waals surface area contributed by atoms with Gasteiger partial charge in [-0.05, 0) is 57.2 Å². The summed E-state index contributed by atoms with van der Waals surface area (Å²) in [5.74, 6) is 0.425. The molecule has 0 saturated heterocycles. The van der Waals surface area contributed by atoms with Crippen molar-refractivity contribution in [2.75, 3.05) is 5.32 Å². The van der Waals surface area contributed by atoms with Gasteiger partial charge in [-0.25, -0.2) is 17.7 Å². The summed E-state index contributed by atoms with van der Waals surface area (Å²) >= 11 is 0. The van der Waals surface area contributed by atoms with E-state index in [0.717, 1.165) is 16.9 Å². The largest absolute Gasteiger partial charge is 0.321 e. The van der Waals surface area contributed by atoms with Gasteiger partial charge in [0.2, 0.25) is 16.0 Å². The summed E-state index contributed by atoms with van der Waals surface area (Å²) in [7, 11) is -3.65. The number of nitrogens with one attached hydrogen (secondary N) is 2. The summed E-state index contributed by atoms with van der Waals surface area (Å²) in [6.07, 6.45) is 3.37. The lowest BCUT2D eigenvalue weighted by Crippen LogP contribution is -2.40. The highest BCUT2D eigenvalue weighted by Crippen LogP contribution is 2.25. The fourth-order valence-electron chi connectivity index (χ4n) is 3.03. The first-order valence-corrected chi connectivity index (χ1v) is 10.9. The number of pyridine rings is 2. The van der Waals surface area contributed by atoms with Crippen LogP contribution in [0.3, 0.4) is 0 Å². The first-order valence-electron chi connectivity index (χ1n) is 9.39. The Bertz CT molecular complexity index is 1290. The van der Waals surface area contributed by atoms with E-state index in [4.69, 9.17) is 0 Å². The normalized spacial score (nSPS) is 12.2. The molecule has 2 N–H and O–H groups in total. The van der Waals surface area contributed by atoms with Crippen LogP contribution < -0.4 is 10.0 Å².